The highest BCUT2D eigenvalue weighted by molar-refractivity contribution is 7.99. The van der Waals surface area contributed by atoms with Gasteiger partial charge in [-0.2, -0.15) is 5.10 Å². The Kier molecular flexibility index (Phi) is 4.61. The van der Waals surface area contributed by atoms with E-state index in [0.717, 1.165) is 11.4 Å². The van der Waals surface area contributed by atoms with Gasteiger partial charge in [0.25, 0.3) is 0 Å². The fourth-order valence-corrected chi connectivity index (χ4v) is 3.70. The number of aromatic nitrogens is 2. The molecule has 0 N–H and O–H groups in total. The Balaban J connectivity index is 2.18. The van der Waals surface area contributed by atoms with Crippen molar-refractivity contribution in [2.75, 3.05) is 25.7 Å². The number of thioether (sulfide) groups is 1. The number of rotatable bonds is 3. The predicted molar refractivity (Wildman–Crippen MR) is 83.1 cm³/mol. The number of amides is 2. The van der Waals surface area contributed by atoms with Crippen LogP contribution >= 0.6 is 11.8 Å². The molecule has 2 atom stereocenters. The first-order valence-electron chi connectivity index (χ1n) is 6.95. The molecule has 0 bridgehead atoms. The van der Waals surface area contributed by atoms with E-state index in [4.69, 9.17) is 0 Å². The maximum Gasteiger partial charge on any atom is 0.248 e. The molecule has 1 aromatic rings. The summed E-state index contributed by atoms with van der Waals surface area (Å²) in [6.07, 6.45) is 0. The Labute approximate surface area is 129 Å². The van der Waals surface area contributed by atoms with Gasteiger partial charge in [0.05, 0.1) is 11.6 Å². The van der Waals surface area contributed by atoms with E-state index in [1.807, 2.05) is 26.8 Å². The topological polar surface area (TPSA) is 58.4 Å². The summed E-state index contributed by atoms with van der Waals surface area (Å²) in [5, 5.41) is 4.37. The van der Waals surface area contributed by atoms with Crippen LogP contribution in [-0.4, -0.2) is 63.2 Å². The van der Waals surface area contributed by atoms with Crippen LogP contribution in [0.15, 0.2) is 6.07 Å². The summed E-state index contributed by atoms with van der Waals surface area (Å²) < 4.78 is 1.73. The highest BCUT2D eigenvalue weighted by Crippen LogP contribution is 2.25. The molecule has 21 heavy (non-hydrogen) atoms. The summed E-state index contributed by atoms with van der Waals surface area (Å²) in [6, 6.07) is 1.19. The SMILES string of the molecule is Cc1cc(C)n(C(C)C(=O)N2CSCC2C(=O)N(C)C)n1. The van der Waals surface area contributed by atoms with Crippen molar-refractivity contribution in [1.29, 1.82) is 0 Å². The number of likely N-dealkylation sites (N-methyl/N-ethyl adjacent to an activating group) is 1. The Morgan fingerprint density at radius 3 is 2.62 bits per heavy atom. The molecule has 1 aliphatic heterocycles. The largest absolute Gasteiger partial charge is 0.347 e. The van der Waals surface area contributed by atoms with Gasteiger partial charge >= 0.3 is 0 Å². The van der Waals surface area contributed by atoms with Gasteiger partial charge in [-0.3, -0.25) is 14.3 Å². The summed E-state index contributed by atoms with van der Waals surface area (Å²) in [7, 11) is 3.44. The maximum atomic E-state index is 12.7. The zero-order valence-corrected chi connectivity index (χ0v) is 14.0. The second-order valence-corrected chi connectivity index (χ2v) is 6.60. The number of carbonyl (C=O) groups is 2. The van der Waals surface area contributed by atoms with Crippen LogP contribution in [-0.2, 0) is 9.59 Å². The molecule has 0 spiro atoms. The minimum atomic E-state index is -0.394. The molecular formula is C14H22N4O2S. The van der Waals surface area contributed by atoms with Crippen LogP contribution in [0.5, 0.6) is 0 Å². The van der Waals surface area contributed by atoms with Gasteiger partial charge in [0.1, 0.15) is 12.1 Å². The van der Waals surface area contributed by atoms with Gasteiger partial charge in [-0.05, 0) is 26.8 Å². The monoisotopic (exact) mass is 310 g/mol. The predicted octanol–water partition coefficient (Wildman–Crippen LogP) is 1.05. The van der Waals surface area contributed by atoms with Crippen molar-refractivity contribution in [3.05, 3.63) is 17.5 Å². The third-order valence-corrected chi connectivity index (χ3v) is 4.67. The number of carbonyl (C=O) groups excluding carboxylic acids is 2. The van der Waals surface area contributed by atoms with E-state index in [2.05, 4.69) is 5.10 Å². The lowest BCUT2D eigenvalue weighted by Crippen LogP contribution is -2.48. The standard InChI is InChI=1S/C14H22N4O2S/c1-9-6-10(2)18(15-9)11(3)13(19)17-8-21-7-12(17)14(20)16(4)5/h6,11-12H,7-8H2,1-5H3. The van der Waals surface area contributed by atoms with Gasteiger partial charge in [-0.15, -0.1) is 11.8 Å². The molecule has 0 radical (unpaired) electrons. The van der Waals surface area contributed by atoms with Crippen LogP contribution in [0.25, 0.3) is 0 Å². The minimum absolute atomic E-state index is 0.0195. The molecule has 1 aromatic heterocycles. The lowest BCUT2D eigenvalue weighted by Gasteiger charge is -2.28. The molecule has 2 heterocycles. The lowest BCUT2D eigenvalue weighted by atomic mass is 10.2. The molecular weight excluding hydrogens is 288 g/mol. The molecule has 0 saturated carbocycles. The molecule has 1 saturated heterocycles. The summed E-state index contributed by atoms with van der Waals surface area (Å²) in [6.45, 7) is 5.68. The van der Waals surface area contributed by atoms with Crippen LogP contribution in [0, 0.1) is 13.8 Å². The number of aryl methyl sites for hydroxylation is 2. The van der Waals surface area contributed by atoms with Crippen LogP contribution in [0.3, 0.4) is 0 Å². The normalized spacial score (nSPS) is 19.7. The molecule has 116 valence electrons. The van der Waals surface area contributed by atoms with Gasteiger partial charge in [0.15, 0.2) is 0 Å². The van der Waals surface area contributed by atoms with Crippen molar-refractivity contribution < 1.29 is 9.59 Å². The minimum Gasteiger partial charge on any atom is -0.347 e. The second kappa shape index (κ2) is 6.09. The van der Waals surface area contributed by atoms with Crippen molar-refractivity contribution in [3.8, 4) is 0 Å². The Morgan fingerprint density at radius 2 is 2.10 bits per heavy atom. The van der Waals surface area contributed by atoms with Gasteiger partial charge in [0.2, 0.25) is 11.8 Å². The summed E-state index contributed by atoms with van der Waals surface area (Å²) in [5.41, 5.74) is 1.85. The Morgan fingerprint density at radius 1 is 1.43 bits per heavy atom. The van der Waals surface area contributed by atoms with E-state index in [-0.39, 0.29) is 17.9 Å². The van der Waals surface area contributed by atoms with Gasteiger partial charge < -0.3 is 9.80 Å². The molecule has 7 heteroatoms. The van der Waals surface area contributed by atoms with E-state index >= 15 is 0 Å². The van der Waals surface area contributed by atoms with Crippen LogP contribution in [0.2, 0.25) is 0 Å². The van der Waals surface area contributed by atoms with Gasteiger partial charge in [0, 0.05) is 25.5 Å². The molecule has 6 nitrogen and oxygen atoms in total. The van der Waals surface area contributed by atoms with Crippen LogP contribution in [0.1, 0.15) is 24.4 Å². The first-order valence-corrected chi connectivity index (χ1v) is 8.10. The maximum absolute atomic E-state index is 12.7. The average Bonchev–Trinajstić information content (AvgIpc) is 3.02. The zero-order valence-electron chi connectivity index (χ0n) is 13.2. The van der Waals surface area contributed by atoms with Crippen molar-refractivity contribution in [3.63, 3.8) is 0 Å². The van der Waals surface area contributed by atoms with Gasteiger partial charge in [-0.25, -0.2) is 0 Å². The molecule has 2 amide bonds. The second-order valence-electron chi connectivity index (χ2n) is 5.60. The van der Waals surface area contributed by atoms with E-state index in [0.29, 0.717) is 11.6 Å². The number of nitrogens with zero attached hydrogens (tertiary/aromatic N) is 4. The van der Waals surface area contributed by atoms with Crippen molar-refractivity contribution in [1.82, 2.24) is 19.6 Å². The highest BCUT2D eigenvalue weighted by Gasteiger charge is 2.37. The van der Waals surface area contributed by atoms with Crippen molar-refractivity contribution >= 4 is 23.6 Å². The highest BCUT2D eigenvalue weighted by atomic mass is 32.2. The van der Waals surface area contributed by atoms with Crippen molar-refractivity contribution in [2.45, 2.75) is 32.9 Å². The fourth-order valence-electron chi connectivity index (χ4n) is 2.55. The van der Waals surface area contributed by atoms with Crippen molar-refractivity contribution in [2.24, 2.45) is 0 Å². The van der Waals surface area contributed by atoms with Crippen LogP contribution < -0.4 is 0 Å². The average molecular weight is 310 g/mol. The third-order valence-electron chi connectivity index (χ3n) is 3.66. The van der Waals surface area contributed by atoms with Gasteiger partial charge in [-0.1, -0.05) is 0 Å². The quantitative estimate of drug-likeness (QED) is 0.837. The van der Waals surface area contributed by atoms with E-state index < -0.39 is 6.04 Å². The lowest BCUT2D eigenvalue weighted by molar-refractivity contribution is -0.143. The molecule has 2 rings (SSSR count). The zero-order chi connectivity index (χ0) is 15.7. The van der Waals surface area contributed by atoms with E-state index in [9.17, 15) is 9.59 Å². The number of hydrogen-bond donors (Lipinski definition) is 0. The Bertz CT molecular complexity index is 555. The van der Waals surface area contributed by atoms with Crippen LogP contribution in [0.4, 0.5) is 0 Å². The Hall–Kier alpha value is -1.50. The molecule has 2 unspecified atom stereocenters. The summed E-state index contributed by atoms with van der Waals surface area (Å²) >= 11 is 1.61. The summed E-state index contributed by atoms with van der Waals surface area (Å²) in [5.74, 6) is 1.15. The number of hydrogen-bond acceptors (Lipinski definition) is 4. The first kappa shape index (κ1) is 15.9. The molecule has 1 fully saturated rings. The molecule has 0 aromatic carbocycles. The summed E-state index contributed by atoms with van der Waals surface area (Å²) in [4.78, 5) is 28.1. The third kappa shape index (κ3) is 3.07. The first-order chi connectivity index (χ1) is 9.82. The van der Waals surface area contributed by atoms with E-state index in [1.165, 1.54) is 0 Å². The smallest absolute Gasteiger partial charge is 0.248 e. The molecule has 1 aliphatic rings. The van der Waals surface area contributed by atoms with E-state index in [1.54, 1.807) is 40.3 Å². The molecule has 0 aliphatic carbocycles. The fraction of sp³-hybridized carbons (Fsp3) is 0.643.